The Morgan fingerprint density at radius 3 is 2.78 bits per heavy atom. The van der Waals surface area contributed by atoms with Crippen LogP contribution in [0.25, 0.3) is 0 Å². The Balaban J connectivity index is 2.35. The molecule has 2 heterocycles. The van der Waals surface area contributed by atoms with Gasteiger partial charge >= 0.3 is 0 Å². The summed E-state index contributed by atoms with van der Waals surface area (Å²) in [5, 5.41) is 9.37. The predicted octanol–water partition coefficient (Wildman–Crippen LogP) is 0.264. The quantitative estimate of drug-likeness (QED) is 0.857. The zero-order valence-corrected chi connectivity index (χ0v) is 11.5. The second-order valence-corrected chi connectivity index (χ2v) is 6.52. The van der Waals surface area contributed by atoms with Crippen molar-refractivity contribution in [3.8, 4) is 0 Å². The Bertz CT molecular complexity index is 504. The van der Waals surface area contributed by atoms with Crippen LogP contribution in [0.2, 0.25) is 0 Å². The van der Waals surface area contributed by atoms with Crippen LogP contribution < -0.4 is 0 Å². The van der Waals surface area contributed by atoms with E-state index >= 15 is 0 Å². The van der Waals surface area contributed by atoms with Gasteiger partial charge in [0, 0.05) is 25.8 Å². The highest BCUT2D eigenvalue weighted by atomic mass is 32.2. The van der Waals surface area contributed by atoms with Crippen molar-refractivity contribution in [2.24, 2.45) is 7.05 Å². The number of aliphatic hydroxyl groups is 1. The van der Waals surface area contributed by atoms with Gasteiger partial charge in [-0.2, -0.15) is 4.31 Å². The first-order chi connectivity index (χ1) is 8.46. The molecule has 1 aliphatic rings. The van der Waals surface area contributed by atoms with E-state index in [1.165, 1.54) is 10.5 Å². The molecule has 1 aliphatic heterocycles. The first-order valence-corrected chi connectivity index (χ1v) is 7.53. The van der Waals surface area contributed by atoms with Crippen LogP contribution in [0.1, 0.15) is 25.1 Å². The monoisotopic (exact) mass is 273 g/mol. The molecule has 18 heavy (non-hydrogen) atoms. The molecule has 2 rings (SSSR count). The summed E-state index contributed by atoms with van der Waals surface area (Å²) in [6.07, 6.45) is 4.02. The lowest BCUT2D eigenvalue weighted by molar-refractivity contribution is 0.155. The maximum absolute atomic E-state index is 12.5. The van der Waals surface area contributed by atoms with Crippen molar-refractivity contribution >= 4 is 10.0 Å². The first-order valence-electron chi connectivity index (χ1n) is 6.09. The van der Waals surface area contributed by atoms with E-state index in [0.29, 0.717) is 18.8 Å². The summed E-state index contributed by atoms with van der Waals surface area (Å²) in [6.45, 7) is 2.09. The molecule has 1 aromatic heterocycles. The fraction of sp³-hybridized carbons (Fsp3) is 0.727. The molecule has 1 unspecified atom stereocenters. The summed E-state index contributed by atoms with van der Waals surface area (Å²) < 4.78 is 28.0. The predicted molar refractivity (Wildman–Crippen MR) is 66.6 cm³/mol. The number of piperidine rings is 1. The summed E-state index contributed by atoms with van der Waals surface area (Å²) in [6, 6.07) is -0.314. The van der Waals surface area contributed by atoms with E-state index in [-0.39, 0.29) is 17.7 Å². The molecule has 0 aromatic carbocycles. The van der Waals surface area contributed by atoms with Crippen LogP contribution in [0.3, 0.4) is 0 Å². The second-order valence-electron chi connectivity index (χ2n) is 4.69. The third-order valence-electron chi connectivity index (χ3n) is 3.44. The average molecular weight is 273 g/mol. The Kier molecular flexibility index (Phi) is 3.74. The Hall–Kier alpha value is -0.920. The SMILES string of the molecule is Cc1nc(S(=O)(=O)N2CCCCC2CO)cn1C. The van der Waals surface area contributed by atoms with Gasteiger partial charge in [-0.3, -0.25) is 0 Å². The van der Waals surface area contributed by atoms with Gasteiger partial charge in [0.15, 0.2) is 5.03 Å². The molecular formula is C11H19N3O3S. The van der Waals surface area contributed by atoms with Crippen LogP contribution in [0, 0.1) is 6.92 Å². The topological polar surface area (TPSA) is 75.4 Å². The first kappa shape index (κ1) is 13.5. The van der Waals surface area contributed by atoms with Crippen molar-refractivity contribution in [3.63, 3.8) is 0 Å². The zero-order chi connectivity index (χ0) is 13.3. The largest absolute Gasteiger partial charge is 0.395 e. The number of hydrogen-bond acceptors (Lipinski definition) is 4. The Morgan fingerprint density at radius 1 is 1.50 bits per heavy atom. The number of imidazole rings is 1. The van der Waals surface area contributed by atoms with Crippen molar-refractivity contribution < 1.29 is 13.5 Å². The van der Waals surface area contributed by atoms with Crippen LogP contribution in [-0.2, 0) is 17.1 Å². The fourth-order valence-corrected chi connectivity index (χ4v) is 3.96. The molecule has 0 radical (unpaired) electrons. The van der Waals surface area contributed by atoms with E-state index in [0.717, 1.165) is 12.8 Å². The molecule has 1 N–H and O–H groups in total. The molecule has 0 bridgehead atoms. The smallest absolute Gasteiger partial charge is 0.262 e. The van der Waals surface area contributed by atoms with E-state index in [1.807, 2.05) is 0 Å². The third kappa shape index (κ3) is 2.30. The summed E-state index contributed by atoms with van der Waals surface area (Å²) in [7, 11) is -1.82. The van der Waals surface area contributed by atoms with Crippen molar-refractivity contribution in [2.75, 3.05) is 13.2 Å². The summed E-state index contributed by atoms with van der Waals surface area (Å²) in [4.78, 5) is 4.08. The van der Waals surface area contributed by atoms with Gasteiger partial charge in [0.1, 0.15) is 5.82 Å². The lowest BCUT2D eigenvalue weighted by Gasteiger charge is -2.32. The minimum atomic E-state index is -3.58. The van der Waals surface area contributed by atoms with E-state index in [1.54, 1.807) is 18.5 Å². The molecule has 6 nitrogen and oxygen atoms in total. The number of nitrogens with zero attached hydrogens (tertiary/aromatic N) is 3. The number of rotatable bonds is 3. The molecule has 102 valence electrons. The minimum Gasteiger partial charge on any atom is -0.395 e. The van der Waals surface area contributed by atoms with Crippen molar-refractivity contribution in [1.82, 2.24) is 13.9 Å². The van der Waals surface area contributed by atoms with Gasteiger partial charge in [-0.1, -0.05) is 6.42 Å². The highest BCUT2D eigenvalue weighted by Gasteiger charge is 2.34. The van der Waals surface area contributed by atoms with Gasteiger partial charge in [-0.15, -0.1) is 0 Å². The second kappa shape index (κ2) is 4.99. The summed E-state index contributed by atoms with van der Waals surface area (Å²) in [5.74, 6) is 0.658. The number of aliphatic hydroxyl groups excluding tert-OH is 1. The van der Waals surface area contributed by atoms with Crippen molar-refractivity contribution in [3.05, 3.63) is 12.0 Å². The number of sulfonamides is 1. The molecular weight excluding hydrogens is 254 g/mol. The third-order valence-corrected chi connectivity index (χ3v) is 5.27. The van der Waals surface area contributed by atoms with Gasteiger partial charge in [0.05, 0.1) is 6.61 Å². The van der Waals surface area contributed by atoms with Crippen molar-refractivity contribution in [2.45, 2.75) is 37.3 Å². The minimum absolute atomic E-state index is 0.0721. The fourth-order valence-electron chi connectivity index (χ4n) is 2.24. The molecule has 0 spiro atoms. The van der Waals surface area contributed by atoms with Gasteiger partial charge < -0.3 is 9.67 Å². The van der Waals surface area contributed by atoms with Crippen LogP contribution in [0.15, 0.2) is 11.2 Å². The molecule has 0 saturated carbocycles. The van der Waals surface area contributed by atoms with E-state index in [2.05, 4.69) is 4.98 Å². The maximum Gasteiger partial charge on any atom is 0.262 e. The molecule has 1 atom stereocenters. The van der Waals surface area contributed by atoms with E-state index in [9.17, 15) is 13.5 Å². The Labute approximate surface area is 107 Å². The Morgan fingerprint density at radius 2 is 2.22 bits per heavy atom. The lowest BCUT2D eigenvalue weighted by Crippen LogP contribution is -2.45. The summed E-state index contributed by atoms with van der Waals surface area (Å²) >= 11 is 0. The van der Waals surface area contributed by atoms with Gasteiger partial charge in [-0.25, -0.2) is 13.4 Å². The average Bonchev–Trinajstić information content (AvgIpc) is 2.70. The van der Waals surface area contributed by atoms with Crippen LogP contribution in [-0.4, -0.2) is 46.6 Å². The number of hydrogen-bond donors (Lipinski definition) is 1. The molecule has 1 saturated heterocycles. The van der Waals surface area contributed by atoms with E-state index < -0.39 is 10.0 Å². The number of aromatic nitrogens is 2. The van der Waals surface area contributed by atoms with Gasteiger partial charge in [0.25, 0.3) is 10.0 Å². The van der Waals surface area contributed by atoms with Crippen LogP contribution in [0.5, 0.6) is 0 Å². The van der Waals surface area contributed by atoms with Crippen LogP contribution >= 0.6 is 0 Å². The molecule has 1 aromatic rings. The molecule has 0 amide bonds. The summed E-state index contributed by atoms with van der Waals surface area (Å²) in [5.41, 5.74) is 0. The maximum atomic E-state index is 12.5. The molecule has 0 aliphatic carbocycles. The highest BCUT2D eigenvalue weighted by Crippen LogP contribution is 2.24. The normalized spacial score (nSPS) is 22.3. The van der Waals surface area contributed by atoms with Gasteiger partial charge in [-0.05, 0) is 19.8 Å². The van der Waals surface area contributed by atoms with E-state index in [4.69, 9.17) is 0 Å². The van der Waals surface area contributed by atoms with Crippen LogP contribution in [0.4, 0.5) is 0 Å². The highest BCUT2D eigenvalue weighted by molar-refractivity contribution is 7.89. The van der Waals surface area contributed by atoms with Gasteiger partial charge in [0.2, 0.25) is 0 Å². The standard InChI is InChI=1S/C11H19N3O3S/c1-9-12-11(7-13(9)2)18(16,17)14-6-4-3-5-10(14)8-15/h7,10,15H,3-6,8H2,1-2H3. The molecule has 1 fully saturated rings. The lowest BCUT2D eigenvalue weighted by atomic mass is 10.1. The molecule has 7 heteroatoms. The number of aryl methyl sites for hydroxylation is 2. The zero-order valence-electron chi connectivity index (χ0n) is 10.7. The van der Waals surface area contributed by atoms with Crippen molar-refractivity contribution in [1.29, 1.82) is 0 Å².